The van der Waals surface area contributed by atoms with Crippen LogP contribution in [0.5, 0.6) is 0 Å². The summed E-state index contributed by atoms with van der Waals surface area (Å²) in [6, 6.07) is 0.252. The molecule has 2 heterocycles. The van der Waals surface area contributed by atoms with E-state index in [1.165, 1.54) is 38.2 Å². The van der Waals surface area contributed by atoms with E-state index in [4.69, 9.17) is 14.2 Å². The van der Waals surface area contributed by atoms with Gasteiger partial charge in [0.1, 0.15) is 17.8 Å². The number of aliphatic hydroxyl groups excluding tert-OH is 1. The van der Waals surface area contributed by atoms with E-state index in [9.17, 15) is 15.0 Å². The van der Waals surface area contributed by atoms with Crippen LogP contribution in [0.2, 0.25) is 0 Å². The van der Waals surface area contributed by atoms with Crippen molar-refractivity contribution in [2.45, 2.75) is 108 Å². The average molecular weight is 428 g/mol. The highest BCUT2D eigenvalue weighted by molar-refractivity contribution is 5.82. The molecule has 3 N–H and O–H groups in total. The Labute approximate surface area is 181 Å². The first-order valence-corrected chi connectivity index (χ1v) is 11.6. The molecule has 2 aliphatic heterocycles. The number of hydrogen-bond acceptors (Lipinski definition) is 7. The van der Waals surface area contributed by atoms with Crippen LogP contribution in [-0.4, -0.2) is 72.0 Å². The van der Waals surface area contributed by atoms with Gasteiger partial charge in [0.05, 0.1) is 19.3 Å². The Kier molecular flexibility index (Phi) is 10.8. The number of unbranched alkanes of at least 4 members (excludes halogenated alkanes) is 6. The molecular weight excluding hydrogens is 386 g/mol. The van der Waals surface area contributed by atoms with E-state index < -0.39 is 36.0 Å². The summed E-state index contributed by atoms with van der Waals surface area (Å²) in [5.74, 6) is -0.407. The molecule has 174 valence electrons. The highest BCUT2D eigenvalue weighted by Crippen LogP contribution is 2.38. The van der Waals surface area contributed by atoms with Gasteiger partial charge in [-0.1, -0.05) is 59.0 Å². The van der Waals surface area contributed by atoms with Crippen molar-refractivity contribution in [3.63, 3.8) is 0 Å². The Hall–Kier alpha value is -0.990. The summed E-state index contributed by atoms with van der Waals surface area (Å²) in [7, 11) is 0. The van der Waals surface area contributed by atoms with E-state index in [1.807, 2.05) is 19.9 Å². The maximum atomic E-state index is 12.1. The largest absolute Gasteiger partial charge is 0.454 e. The predicted molar refractivity (Wildman–Crippen MR) is 115 cm³/mol. The summed E-state index contributed by atoms with van der Waals surface area (Å²) in [4.78, 5) is 12.1. The minimum atomic E-state index is -1.28. The molecule has 5 atom stereocenters. The third kappa shape index (κ3) is 7.93. The molecule has 2 fully saturated rings. The molecule has 2 rings (SSSR count). The van der Waals surface area contributed by atoms with Gasteiger partial charge in [-0.3, -0.25) is 0 Å². The summed E-state index contributed by atoms with van der Waals surface area (Å²) < 4.78 is 16.9. The Morgan fingerprint density at radius 2 is 1.97 bits per heavy atom. The lowest BCUT2D eigenvalue weighted by molar-refractivity contribution is -0.148. The fourth-order valence-corrected chi connectivity index (χ4v) is 4.10. The van der Waals surface area contributed by atoms with Gasteiger partial charge in [-0.25, -0.2) is 4.79 Å². The number of fused-ring (bicyclic) bond motifs is 1. The smallest absolute Gasteiger partial charge is 0.330 e. The van der Waals surface area contributed by atoms with Crippen LogP contribution in [0.3, 0.4) is 0 Å². The average Bonchev–Trinajstić information content (AvgIpc) is 3.24. The fourth-order valence-electron chi connectivity index (χ4n) is 4.10. The number of nitrogens with one attached hydrogen (secondary N) is 1. The first-order valence-electron chi connectivity index (χ1n) is 11.6. The molecule has 0 radical (unpaired) electrons. The first-order chi connectivity index (χ1) is 14.4. The van der Waals surface area contributed by atoms with E-state index in [-0.39, 0.29) is 25.7 Å². The van der Waals surface area contributed by atoms with Crippen LogP contribution in [0.15, 0.2) is 12.2 Å². The second kappa shape index (κ2) is 12.8. The minimum absolute atomic E-state index is 0.0585. The molecule has 2 saturated heterocycles. The zero-order chi connectivity index (χ0) is 22.0. The van der Waals surface area contributed by atoms with E-state index in [0.29, 0.717) is 6.54 Å². The maximum Gasteiger partial charge on any atom is 0.330 e. The number of carbonyl (C=O) groups is 1. The zero-order valence-electron chi connectivity index (χ0n) is 18.8. The van der Waals surface area contributed by atoms with Crippen molar-refractivity contribution in [3.05, 3.63) is 12.2 Å². The molecule has 0 bridgehead atoms. The van der Waals surface area contributed by atoms with E-state index >= 15 is 0 Å². The van der Waals surface area contributed by atoms with Crippen molar-refractivity contribution in [2.24, 2.45) is 0 Å². The highest BCUT2D eigenvalue weighted by Gasteiger charge is 2.57. The molecule has 7 heteroatoms. The Morgan fingerprint density at radius 3 is 2.70 bits per heavy atom. The van der Waals surface area contributed by atoms with Gasteiger partial charge >= 0.3 is 5.97 Å². The van der Waals surface area contributed by atoms with Crippen LogP contribution in [0.25, 0.3) is 0 Å². The standard InChI is InChI=1S/C23H41NO6/c1-4-5-6-7-8-9-10-11-12-20(26)30-19-15-28-22-21(19)29-16-23(22,27)13-18(25)14-24-17(2)3/h11-12,17-19,21-22,24-25,27H,4-10,13-16H2,1-3H3/t18?,19-,21-,22+,23+/m1/s1. The molecule has 0 saturated carbocycles. The normalized spacial score (nSPS) is 29.6. The van der Waals surface area contributed by atoms with Crippen molar-refractivity contribution >= 4 is 5.97 Å². The monoisotopic (exact) mass is 427 g/mol. The third-order valence-electron chi connectivity index (χ3n) is 5.76. The first kappa shape index (κ1) is 25.3. The van der Waals surface area contributed by atoms with Gasteiger partial charge in [0.25, 0.3) is 0 Å². The molecule has 0 aromatic carbocycles. The third-order valence-corrected chi connectivity index (χ3v) is 5.76. The molecule has 0 aliphatic carbocycles. The van der Waals surface area contributed by atoms with Gasteiger partial charge in [-0.15, -0.1) is 0 Å². The van der Waals surface area contributed by atoms with Gasteiger partial charge in [-0.05, 0) is 12.8 Å². The molecular formula is C23H41NO6. The van der Waals surface area contributed by atoms with Crippen LogP contribution < -0.4 is 5.32 Å². The Morgan fingerprint density at radius 1 is 1.23 bits per heavy atom. The zero-order valence-corrected chi connectivity index (χ0v) is 18.8. The minimum Gasteiger partial charge on any atom is -0.454 e. The number of esters is 1. The fraction of sp³-hybridized carbons (Fsp3) is 0.870. The van der Waals surface area contributed by atoms with E-state index in [1.54, 1.807) is 0 Å². The van der Waals surface area contributed by atoms with Crippen LogP contribution >= 0.6 is 0 Å². The number of rotatable bonds is 14. The molecule has 0 spiro atoms. The van der Waals surface area contributed by atoms with Crippen molar-refractivity contribution in [1.29, 1.82) is 0 Å². The topological polar surface area (TPSA) is 97.3 Å². The quantitative estimate of drug-likeness (QED) is 0.223. The molecule has 0 aromatic heterocycles. The van der Waals surface area contributed by atoms with Crippen molar-refractivity contribution in [3.8, 4) is 0 Å². The number of hydrogen-bond donors (Lipinski definition) is 3. The van der Waals surface area contributed by atoms with Crippen molar-refractivity contribution < 1.29 is 29.2 Å². The van der Waals surface area contributed by atoms with Crippen molar-refractivity contribution in [1.82, 2.24) is 5.32 Å². The van der Waals surface area contributed by atoms with Crippen LogP contribution in [0.4, 0.5) is 0 Å². The lowest BCUT2D eigenvalue weighted by Crippen LogP contribution is -2.48. The van der Waals surface area contributed by atoms with Gasteiger partial charge in [0.15, 0.2) is 6.10 Å². The van der Waals surface area contributed by atoms with Crippen LogP contribution in [-0.2, 0) is 19.0 Å². The second-order valence-corrected chi connectivity index (χ2v) is 8.99. The summed E-state index contributed by atoms with van der Waals surface area (Å²) in [5, 5.41) is 24.3. The van der Waals surface area contributed by atoms with Gasteiger partial charge in [0.2, 0.25) is 0 Å². The summed E-state index contributed by atoms with van der Waals surface area (Å²) in [6.07, 6.45) is 9.32. The number of carbonyl (C=O) groups excluding carboxylic acids is 1. The lowest BCUT2D eigenvalue weighted by atomic mass is 9.90. The summed E-state index contributed by atoms with van der Waals surface area (Å²) >= 11 is 0. The van der Waals surface area contributed by atoms with Gasteiger partial charge in [-0.2, -0.15) is 0 Å². The molecule has 2 aliphatic rings. The van der Waals surface area contributed by atoms with Gasteiger partial charge < -0.3 is 29.7 Å². The molecule has 0 aromatic rings. The number of ether oxygens (including phenoxy) is 3. The molecule has 0 amide bonds. The van der Waals surface area contributed by atoms with Crippen LogP contribution in [0, 0.1) is 0 Å². The summed E-state index contributed by atoms with van der Waals surface area (Å²) in [6.45, 7) is 6.84. The van der Waals surface area contributed by atoms with Crippen LogP contribution in [0.1, 0.15) is 72.1 Å². The highest BCUT2D eigenvalue weighted by atomic mass is 16.6. The number of aliphatic hydroxyl groups is 2. The predicted octanol–water partition coefficient (Wildman–Crippen LogP) is 2.48. The van der Waals surface area contributed by atoms with Crippen molar-refractivity contribution in [2.75, 3.05) is 19.8 Å². The molecule has 1 unspecified atom stereocenters. The van der Waals surface area contributed by atoms with E-state index in [0.717, 1.165) is 12.8 Å². The molecule has 7 nitrogen and oxygen atoms in total. The van der Waals surface area contributed by atoms with E-state index in [2.05, 4.69) is 12.2 Å². The maximum absolute atomic E-state index is 12.1. The summed E-state index contributed by atoms with van der Waals surface area (Å²) in [5.41, 5.74) is -1.28. The Balaban J connectivity index is 1.70. The molecule has 30 heavy (non-hydrogen) atoms. The Bertz CT molecular complexity index is 540. The second-order valence-electron chi connectivity index (χ2n) is 8.99. The SMILES string of the molecule is CCCCCCCCC=CC(=O)O[C@@H]1CO[C@H]2[C@@H]1OC[C@@]2(O)CC(O)CNC(C)C. The number of allylic oxidation sites excluding steroid dienone is 1. The van der Waals surface area contributed by atoms with Gasteiger partial charge in [0, 0.05) is 25.1 Å². The lowest BCUT2D eigenvalue weighted by Gasteiger charge is -2.29.